The third kappa shape index (κ3) is 2.67. The number of thiophene rings is 1. The molecule has 0 spiro atoms. The van der Waals surface area contributed by atoms with Gasteiger partial charge in [0.25, 0.3) is 0 Å². The minimum absolute atomic E-state index is 0.728. The van der Waals surface area contributed by atoms with Crippen molar-refractivity contribution in [2.24, 2.45) is 0 Å². The molecule has 1 saturated carbocycles. The highest BCUT2D eigenvalue weighted by atomic mass is 32.1. The summed E-state index contributed by atoms with van der Waals surface area (Å²) in [4.78, 5) is 1.63. The van der Waals surface area contributed by atoms with Gasteiger partial charge in [0, 0.05) is 16.8 Å². The van der Waals surface area contributed by atoms with E-state index in [2.05, 4.69) is 30.6 Å². The van der Waals surface area contributed by atoms with Gasteiger partial charge in [0.2, 0.25) is 0 Å². The van der Waals surface area contributed by atoms with Gasteiger partial charge >= 0.3 is 0 Å². The van der Waals surface area contributed by atoms with Crippen molar-refractivity contribution in [3.8, 4) is 0 Å². The lowest BCUT2D eigenvalue weighted by atomic mass is 9.82. The van der Waals surface area contributed by atoms with Crippen LogP contribution in [0.15, 0.2) is 11.4 Å². The van der Waals surface area contributed by atoms with Crippen molar-refractivity contribution in [2.45, 2.75) is 57.9 Å². The summed E-state index contributed by atoms with van der Waals surface area (Å²) in [6.45, 7) is 5.68. The molecule has 1 nitrogen and oxygen atoms in total. The van der Waals surface area contributed by atoms with E-state index in [1.165, 1.54) is 44.2 Å². The Balaban J connectivity index is 2.07. The second-order valence-electron chi connectivity index (χ2n) is 4.92. The van der Waals surface area contributed by atoms with Crippen molar-refractivity contribution in [3.63, 3.8) is 0 Å². The molecule has 0 radical (unpaired) electrons. The summed E-state index contributed by atoms with van der Waals surface area (Å²) in [6, 6.07) is 3.00. The quantitative estimate of drug-likeness (QED) is 0.832. The van der Waals surface area contributed by atoms with Gasteiger partial charge in [-0.2, -0.15) is 0 Å². The first-order valence-electron chi connectivity index (χ1n) is 6.60. The molecule has 1 heterocycles. The summed E-state index contributed by atoms with van der Waals surface area (Å²) in [5.74, 6) is 0.778. The number of hydrogen-bond acceptors (Lipinski definition) is 2. The Morgan fingerprint density at radius 1 is 1.38 bits per heavy atom. The average Bonchev–Trinajstić information content (AvgIpc) is 2.73. The van der Waals surface area contributed by atoms with Crippen molar-refractivity contribution in [1.82, 2.24) is 5.32 Å². The molecular formula is C14H23NS. The molecule has 2 unspecified atom stereocenters. The number of nitrogens with one attached hydrogen (secondary N) is 1. The molecule has 0 aliphatic heterocycles. The third-order valence-electron chi connectivity index (χ3n) is 3.66. The highest BCUT2D eigenvalue weighted by Crippen LogP contribution is 2.37. The van der Waals surface area contributed by atoms with Crippen molar-refractivity contribution < 1.29 is 0 Å². The molecule has 1 aromatic rings. The maximum absolute atomic E-state index is 3.74. The van der Waals surface area contributed by atoms with Crippen molar-refractivity contribution in [2.75, 3.05) is 6.54 Å². The van der Waals surface area contributed by atoms with Gasteiger partial charge in [-0.3, -0.25) is 0 Å². The van der Waals surface area contributed by atoms with Crippen LogP contribution in [0.4, 0.5) is 0 Å². The number of rotatable bonds is 4. The van der Waals surface area contributed by atoms with Crippen LogP contribution in [0.3, 0.4) is 0 Å². The zero-order chi connectivity index (χ0) is 11.4. The molecular weight excluding hydrogens is 214 g/mol. The summed E-state index contributed by atoms with van der Waals surface area (Å²) in [7, 11) is 0. The molecule has 16 heavy (non-hydrogen) atoms. The lowest BCUT2D eigenvalue weighted by Crippen LogP contribution is -2.37. The van der Waals surface area contributed by atoms with E-state index < -0.39 is 0 Å². The van der Waals surface area contributed by atoms with Crippen LogP contribution in [0.25, 0.3) is 0 Å². The number of hydrogen-bond donors (Lipinski definition) is 1. The highest BCUT2D eigenvalue weighted by molar-refractivity contribution is 7.10. The van der Waals surface area contributed by atoms with Crippen LogP contribution in [0.5, 0.6) is 0 Å². The second kappa shape index (κ2) is 5.83. The van der Waals surface area contributed by atoms with Crippen LogP contribution in [0, 0.1) is 6.92 Å². The van der Waals surface area contributed by atoms with E-state index in [0.29, 0.717) is 0 Å². The van der Waals surface area contributed by atoms with E-state index in [-0.39, 0.29) is 0 Å². The molecule has 2 heteroatoms. The molecule has 2 rings (SSSR count). The molecule has 0 amide bonds. The van der Waals surface area contributed by atoms with Crippen LogP contribution < -0.4 is 5.32 Å². The molecule has 1 aliphatic rings. The average molecular weight is 237 g/mol. The molecule has 1 aliphatic carbocycles. The first-order chi connectivity index (χ1) is 7.83. The van der Waals surface area contributed by atoms with Gasteiger partial charge in [-0.1, -0.05) is 19.8 Å². The van der Waals surface area contributed by atoms with E-state index in [4.69, 9.17) is 0 Å². The molecule has 0 aromatic carbocycles. The third-order valence-corrected chi connectivity index (χ3v) is 4.81. The molecule has 0 saturated heterocycles. The lowest BCUT2D eigenvalue weighted by molar-refractivity contribution is 0.331. The fraction of sp³-hybridized carbons (Fsp3) is 0.714. The van der Waals surface area contributed by atoms with Crippen LogP contribution >= 0.6 is 11.3 Å². The zero-order valence-corrected chi connectivity index (χ0v) is 11.3. The fourth-order valence-electron chi connectivity index (χ4n) is 2.78. The predicted molar refractivity (Wildman–Crippen MR) is 72.3 cm³/mol. The van der Waals surface area contributed by atoms with E-state index in [0.717, 1.165) is 12.0 Å². The molecule has 0 bridgehead atoms. The lowest BCUT2D eigenvalue weighted by Gasteiger charge is -2.32. The van der Waals surface area contributed by atoms with Gasteiger partial charge < -0.3 is 5.32 Å². The Labute approximate surface area is 103 Å². The Hall–Kier alpha value is -0.340. The van der Waals surface area contributed by atoms with Gasteiger partial charge in [-0.15, -0.1) is 11.3 Å². The fourth-order valence-corrected chi connectivity index (χ4v) is 3.91. The Bertz CT molecular complexity index is 318. The van der Waals surface area contributed by atoms with Crippen LogP contribution in [-0.2, 0) is 0 Å². The standard InChI is InChI=1S/C14H23NS/c1-3-9-15-13-7-5-4-6-12(13)14-11(2)8-10-16-14/h8,10,12-13,15H,3-7,9H2,1-2H3. The minimum atomic E-state index is 0.728. The van der Waals surface area contributed by atoms with Gasteiger partial charge in [-0.05, 0) is 49.7 Å². The monoisotopic (exact) mass is 237 g/mol. The van der Waals surface area contributed by atoms with Crippen LogP contribution in [0.1, 0.15) is 55.4 Å². The van der Waals surface area contributed by atoms with E-state index in [9.17, 15) is 0 Å². The van der Waals surface area contributed by atoms with Crippen molar-refractivity contribution in [3.05, 3.63) is 21.9 Å². The van der Waals surface area contributed by atoms with Gasteiger partial charge in [-0.25, -0.2) is 0 Å². The predicted octanol–water partition coefficient (Wildman–Crippen LogP) is 4.08. The summed E-state index contributed by atoms with van der Waals surface area (Å²) in [6.07, 6.45) is 6.80. The number of aryl methyl sites for hydroxylation is 1. The SMILES string of the molecule is CCCNC1CCCCC1c1sccc1C. The Morgan fingerprint density at radius 2 is 2.19 bits per heavy atom. The minimum Gasteiger partial charge on any atom is -0.313 e. The summed E-state index contributed by atoms with van der Waals surface area (Å²) < 4.78 is 0. The molecule has 2 atom stereocenters. The van der Waals surface area contributed by atoms with E-state index in [1.807, 2.05) is 11.3 Å². The van der Waals surface area contributed by atoms with E-state index in [1.54, 1.807) is 4.88 Å². The van der Waals surface area contributed by atoms with Crippen molar-refractivity contribution >= 4 is 11.3 Å². The molecule has 90 valence electrons. The van der Waals surface area contributed by atoms with Crippen LogP contribution in [0.2, 0.25) is 0 Å². The van der Waals surface area contributed by atoms with Gasteiger partial charge in [0.1, 0.15) is 0 Å². The Kier molecular flexibility index (Phi) is 4.42. The van der Waals surface area contributed by atoms with Crippen molar-refractivity contribution in [1.29, 1.82) is 0 Å². The first-order valence-corrected chi connectivity index (χ1v) is 7.48. The second-order valence-corrected chi connectivity index (χ2v) is 5.87. The largest absolute Gasteiger partial charge is 0.313 e. The Morgan fingerprint density at radius 3 is 2.88 bits per heavy atom. The van der Waals surface area contributed by atoms with Gasteiger partial charge in [0.05, 0.1) is 0 Å². The maximum atomic E-state index is 3.74. The van der Waals surface area contributed by atoms with E-state index >= 15 is 0 Å². The molecule has 1 N–H and O–H groups in total. The first kappa shape index (κ1) is 12.1. The maximum Gasteiger partial charge on any atom is 0.0144 e. The summed E-state index contributed by atoms with van der Waals surface area (Å²) in [5, 5.41) is 5.99. The highest BCUT2D eigenvalue weighted by Gasteiger charge is 2.27. The summed E-state index contributed by atoms with van der Waals surface area (Å²) >= 11 is 1.95. The topological polar surface area (TPSA) is 12.0 Å². The van der Waals surface area contributed by atoms with Gasteiger partial charge in [0.15, 0.2) is 0 Å². The molecule has 1 fully saturated rings. The zero-order valence-electron chi connectivity index (χ0n) is 10.5. The van der Waals surface area contributed by atoms with Crippen LogP contribution in [-0.4, -0.2) is 12.6 Å². The molecule has 1 aromatic heterocycles. The normalized spacial score (nSPS) is 25.9. The summed E-state index contributed by atoms with van der Waals surface area (Å²) in [5.41, 5.74) is 1.50. The smallest absolute Gasteiger partial charge is 0.0144 e.